The molecule has 19 heavy (non-hydrogen) atoms. The molecule has 5 heteroatoms. The first-order valence-corrected chi connectivity index (χ1v) is 7.44. The molecule has 0 aliphatic carbocycles. The monoisotopic (exact) mass is 259 g/mol. The SMILES string of the molecule is c1nc2c(c(N3CCN4CCCC4C3)n1)CCNC2. The number of anilines is 1. The molecule has 3 aliphatic heterocycles. The lowest BCUT2D eigenvalue weighted by Crippen LogP contribution is -2.51. The van der Waals surface area contributed by atoms with Crippen LogP contribution in [-0.2, 0) is 13.0 Å². The van der Waals surface area contributed by atoms with Crippen LogP contribution in [0.2, 0.25) is 0 Å². The summed E-state index contributed by atoms with van der Waals surface area (Å²) in [6, 6.07) is 0.751. The van der Waals surface area contributed by atoms with E-state index in [1.807, 2.05) is 0 Å². The maximum absolute atomic E-state index is 4.60. The Bertz CT molecular complexity index is 475. The van der Waals surface area contributed by atoms with Crippen LogP contribution >= 0.6 is 0 Å². The topological polar surface area (TPSA) is 44.3 Å². The summed E-state index contributed by atoms with van der Waals surface area (Å²) in [4.78, 5) is 14.2. The van der Waals surface area contributed by atoms with E-state index in [2.05, 4.69) is 25.1 Å². The first-order valence-electron chi connectivity index (χ1n) is 7.44. The van der Waals surface area contributed by atoms with Gasteiger partial charge in [0.25, 0.3) is 0 Å². The molecule has 0 bridgehead atoms. The number of piperazine rings is 1. The van der Waals surface area contributed by atoms with Crippen LogP contribution < -0.4 is 10.2 Å². The fourth-order valence-electron chi connectivity index (χ4n) is 3.72. The molecule has 4 rings (SSSR count). The number of rotatable bonds is 1. The van der Waals surface area contributed by atoms with Gasteiger partial charge in [-0.25, -0.2) is 9.97 Å². The highest BCUT2D eigenvalue weighted by Crippen LogP contribution is 2.28. The molecular formula is C14H21N5. The van der Waals surface area contributed by atoms with E-state index < -0.39 is 0 Å². The minimum Gasteiger partial charge on any atom is -0.353 e. The van der Waals surface area contributed by atoms with Gasteiger partial charge in [0.2, 0.25) is 0 Å². The van der Waals surface area contributed by atoms with Crippen LogP contribution in [0.1, 0.15) is 24.1 Å². The summed E-state index contributed by atoms with van der Waals surface area (Å²) < 4.78 is 0. The smallest absolute Gasteiger partial charge is 0.135 e. The van der Waals surface area contributed by atoms with Crippen LogP contribution in [0.25, 0.3) is 0 Å². The Morgan fingerprint density at radius 3 is 3.21 bits per heavy atom. The molecule has 0 radical (unpaired) electrons. The molecule has 1 aromatic heterocycles. The molecule has 1 unspecified atom stereocenters. The molecule has 0 aromatic carbocycles. The van der Waals surface area contributed by atoms with E-state index in [1.54, 1.807) is 6.33 Å². The predicted octanol–water partition coefficient (Wildman–Crippen LogP) is 0.407. The highest BCUT2D eigenvalue weighted by Gasteiger charge is 2.32. The number of hydrogen-bond donors (Lipinski definition) is 1. The van der Waals surface area contributed by atoms with Gasteiger partial charge in [0.05, 0.1) is 5.69 Å². The van der Waals surface area contributed by atoms with Gasteiger partial charge >= 0.3 is 0 Å². The van der Waals surface area contributed by atoms with E-state index in [0.717, 1.165) is 38.6 Å². The third-order valence-corrected chi connectivity index (χ3v) is 4.74. The maximum atomic E-state index is 4.60. The summed E-state index contributed by atoms with van der Waals surface area (Å²) in [5, 5.41) is 3.39. The summed E-state index contributed by atoms with van der Waals surface area (Å²) in [5.41, 5.74) is 2.58. The minimum absolute atomic E-state index is 0.751. The van der Waals surface area contributed by atoms with Gasteiger partial charge in [-0.15, -0.1) is 0 Å². The van der Waals surface area contributed by atoms with Crippen LogP contribution in [0.5, 0.6) is 0 Å². The van der Waals surface area contributed by atoms with Crippen molar-refractivity contribution < 1.29 is 0 Å². The number of fused-ring (bicyclic) bond motifs is 2. The highest BCUT2D eigenvalue weighted by atomic mass is 15.3. The Morgan fingerprint density at radius 2 is 2.21 bits per heavy atom. The fraction of sp³-hybridized carbons (Fsp3) is 0.714. The first-order chi connectivity index (χ1) is 9.42. The molecule has 4 heterocycles. The summed E-state index contributed by atoms with van der Waals surface area (Å²) >= 11 is 0. The number of nitrogens with zero attached hydrogens (tertiary/aromatic N) is 4. The number of aromatic nitrogens is 2. The second-order valence-corrected chi connectivity index (χ2v) is 5.83. The van der Waals surface area contributed by atoms with Crippen LogP contribution in [0.15, 0.2) is 6.33 Å². The Kier molecular flexibility index (Phi) is 2.89. The molecule has 1 atom stereocenters. The van der Waals surface area contributed by atoms with Crippen LogP contribution in [0, 0.1) is 0 Å². The molecule has 0 spiro atoms. The molecule has 1 aromatic rings. The Labute approximate surface area is 114 Å². The average molecular weight is 259 g/mol. The van der Waals surface area contributed by atoms with Gasteiger partial charge in [-0.05, 0) is 32.4 Å². The van der Waals surface area contributed by atoms with E-state index in [4.69, 9.17) is 0 Å². The Hall–Kier alpha value is -1.20. The highest BCUT2D eigenvalue weighted by molar-refractivity contribution is 5.50. The lowest BCUT2D eigenvalue weighted by atomic mass is 10.1. The van der Waals surface area contributed by atoms with Gasteiger partial charge < -0.3 is 10.2 Å². The van der Waals surface area contributed by atoms with Crippen molar-refractivity contribution in [2.24, 2.45) is 0 Å². The van der Waals surface area contributed by atoms with E-state index >= 15 is 0 Å². The van der Waals surface area contributed by atoms with E-state index in [0.29, 0.717) is 0 Å². The van der Waals surface area contributed by atoms with Crippen molar-refractivity contribution in [3.8, 4) is 0 Å². The molecule has 2 saturated heterocycles. The summed E-state index contributed by atoms with van der Waals surface area (Å²) in [6.07, 6.45) is 5.52. The third-order valence-electron chi connectivity index (χ3n) is 4.74. The van der Waals surface area contributed by atoms with E-state index in [9.17, 15) is 0 Å². The van der Waals surface area contributed by atoms with Crippen molar-refractivity contribution in [3.05, 3.63) is 17.6 Å². The van der Waals surface area contributed by atoms with Gasteiger partial charge in [0, 0.05) is 37.8 Å². The van der Waals surface area contributed by atoms with Crippen molar-refractivity contribution in [3.63, 3.8) is 0 Å². The van der Waals surface area contributed by atoms with Gasteiger partial charge in [-0.2, -0.15) is 0 Å². The van der Waals surface area contributed by atoms with E-state index in [1.165, 1.54) is 43.0 Å². The second-order valence-electron chi connectivity index (χ2n) is 5.83. The van der Waals surface area contributed by atoms with Crippen LogP contribution in [-0.4, -0.2) is 53.6 Å². The summed E-state index contributed by atoms with van der Waals surface area (Å²) in [6.45, 7) is 6.71. The Morgan fingerprint density at radius 1 is 1.21 bits per heavy atom. The zero-order valence-electron chi connectivity index (χ0n) is 11.3. The van der Waals surface area contributed by atoms with Crippen LogP contribution in [0.3, 0.4) is 0 Å². The average Bonchev–Trinajstić information content (AvgIpc) is 2.94. The van der Waals surface area contributed by atoms with Crippen molar-refractivity contribution in [2.75, 3.05) is 37.6 Å². The van der Waals surface area contributed by atoms with E-state index in [-0.39, 0.29) is 0 Å². The largest absolute Gasteiger partial charge is 0.353 e. The fourth-order valence-corrected chi connectivity index (χ4v) is 3.72. The maximum Gasteiger partial charge on any atom is 0.135 e. The van der Waals surface area contributed by atoms with Crippen LogP contribution in [0.4, 0.5) is 5.82 Å². The van der Waals surface area contributed by atoms with Gasteiger partial charge in [-0.1, -0.05) is 0 Å². The summed E-state index contributed by atoms with van der Waals surface area (Å²) in [7, 11) is 0. The van der Waals surface area contributed by atoms with Crippen molar-refractivity contribution in [1.29, 1.82) is 0 Å². The normalized spacial score (nSPS) is 27.2. The standard InChI is InChI=1S/C14H21N5/c1-2-11-9-19(7-6-18(11)5-1)14-12-3-4-15-8-13(12)16-10-17-14/h10-11,15H,1-9H2. The second kappa shape index (κ2) is 4.72. The lowest BCUT2D eigenvalue weighted by Gasteiger charge is -2.39. The quantitative estimate of drug-likeness (QED) is 0.791. The van der Waals surface area contributed by atoms with Gasteiger partial charge in [-0.3, -0.25) is 4.90 Å². The number of hydrogen-bond acceptors (Lipinski definition) is 5. The molecule has 3 aliphatic rings. The Balaban J connectivity index is 1.62. The van der Waals surface area contributed by atoms with Gasteiger partial charge in [0.15, 0.2) is 0 Å². The zero-order chi connectivity index (χ0) is 12.7. The minimum atomic E-state index is 0.751. The lowest BCUT2D eigenvalue weighted by molar-refractivity contribution is 0.230. The first kappa shape index (κ1) is 11.6. The van der Waals surface area contributed by atoms with Crippen molar-refractivity contribution >= 4 is 5.82 Å². The molecule has 1 N–H and O–H groups in total. The molecule has 102 valence electrons. The molecule has 2 fully saturated rings. The molecule has 0 amide bonds. The predicted molar refractivity (Wildman–Crippen MR) is 74.3 cm³/mol. The summed E-state index contributed by atoms with van der Waals surface area (Å²) in [5.74, 6) is 1.21. The molecule has 0 saturated carbocycles. The van der Waals surface area contributed by atoms with Crippen molar-refractivity contribution in [2.45, 2.75) is 31.8 Å². The molecule has 5 nitrogen and oxygen atoms in total. The van der Waals surface area contributed by atoms with Crippen molar-refractivity contribution in [1.82, 2.24) is 20.2 Å². The third kappa shape index (κ3) is 2.01. The van der Waals surface area contributed by atoms with Gasteiger partial charge in [0.1, 0.15) is 12.1 Å². The number of nitrogens with one attached hydrogen (secondary N) is 1. The molecular weight excluding hydrogens is 238 g/mol. The zero-order valence-corrected chi connectivity index (χ0v) is 11.3.